The second-order valence-electron chi connectivity index (χ2n) is 10.1. The summed E-state index contributed by atoms with van der Waals surface area (Å²) < 4.78 is 12.3. The van der Waals surface area contributed by atoms with Gasteiger partial charge in [-0.15, -0.1) is 0 Å². The summed E-state index contributed by atoms with van der Waals surface area (Å²) >= 11 is 0. The van der Waals surface area contributed by atoms with Crippen LogP contribution in [0.1, 0.15) is 54.7 Å². The van der Waals surface area contributed by atoms with Gasteiger partial charge in [-0.25, -0.2) is 4.79 Å². The van der Waals surface area contributed by atoms with Crippen LogP contribution in [0.2, 0.25) is 0 Å². The first-order valence-electron chi connectivity index (χ1n) is 14.0. The molecule has 1 aromatic heterocycles. The molecule has 1 N–H and O–H groups in total. The Balaban J connectivity index is 1.54. The predicted molar refractivity (Wildman–Crippen MR) is 159 cm³/mol. The molecule has 0 radical (unpaired) electrons. The summed E-state index contributed by atoms with van der Waals surface area (Å²) in [4.78, 5) is 31.0. The number of hydrogen-bond acceptors (Lipinski definition) is 6. The van der Waals surface area contributed by atoms with Crippen LogP contribution in [0.4, 0.5) is 11.4 Å². The molecule has 0 fully saturated rings. The number of fused-ring (bicyclic) bond motifs is 5. The molecule has 2 aliphatic heterocycles. The molecule has 0 saturated carbocycles. The van der Waals surface area contributed by atoms with E-state index in [-0.39, 0.29) is 5.91 Å². The second-order valence-corrected chi connectivity index (χ2v) is 10.1. The zero-order valence-corrected chi connectivity index (χ0v) is 23.3. The normalized spacial score (nSPS) is 17.2. The smallest absolute Gasteiger partial charge is 0.347 e. The van der Waals surface area contributed by atoms with Gasteiger partial charge in [-0.1, -0.05) is 24.3 Å². The summed E-state index contributed by atoms with van der Waals surface area (Å²) in [5, 5.41) is 4.00. The number of benzene rings is 3. The van der Waals surface area contributed by atoms with Crippen molar-refractivity contribution >= 4 is 34.0 Å². The highest BCUT2D eigenvalue weighted by Crippen LogP contribution is 2.48. The molecule has 40 heavy (non-hydrogen) atoms. The molecule has 204 valence electrons. The first-order valence-corrected chi connectivity index (χ1v) is 14.0. The Hall–Kier alpha value is -4.52. The van der Waals surface area contributed by atoms with Crippen LogP contribution >= 0.6 is 0 Å². The third-order valence-corrected chi connectivity index (χ3v) is 8.11. The molecule has 1 unspecified atom stereocenters. The van der Waals surface area contributed by atoms with E-state index in [1.54, 1.807) is 0 Å². The first kappa shape index (κ1) is 25.7. The van der Waals surface area contributed by atoms with Gasteiger partial charge in [-0.05, 0) is 69.7 Å². The molecule has 0 aliphatic carbocycles. The minimum atomic E-state index is -0.980. The van der Waals surface area contributed by atoms with Gasteiger partial charge in [0.15, 0.2) is 0 Å². The Labute approximate surface area is 233 Å². The van der Waals surface area contributed by atoms with Gasteiger partial charge in [0, 0.05) is 66.2 Å². The number of anilines is 2. The van der Waals surface area contributed by atoms with Crippen LogP contribution in [0, 0.1) is 0 Å². The quantitative estimate of drug-likeness (QED) is 0.297. The number of ether oxygens (including phenoxy) is 1. The molecule has 0 saturated heterocycles. The molecule has 3 heterocycles. The topological polar surface area (TPSA) is 75.0 Å². The summed E-state index contributed by atoms with van der Waals surface area (Å²) in [6, 6.07) is 21.3. The number of amides is 1. The Morgan fingerprint density at radius 3 is 2.15 bits per heavy atom. The van der Waals surface area contributed by atoms with Gasteiger partial charge in [0.1, 0.15) is 28.2 Å². The molecule has 2 aliphatic rings. The average molecular weight is 536 g/mol. The Kier molecular flexibility index (Phi) is 6.37. The number of carbonyl (C=O) groups excluding carboxylic acids is 1. The third kappa shape index (κ3) is 3.96. The molecular weight excluding hydrogens is 502 g/mol. The van der Waals surface area contributed by atoms with Crippen molar-refractivity contribution in [3.63, 3.8) is 0 Å². The molecule has 3 aromatic carbocycles. The highest BCUT2D eigenvalue weighted by Gasteiger charge is 2.47. The van der Waals surface area contributed by atoms with Gasteiger partial charge in [0.05, 0.1) is 0 Å². The zero-order chi connectivity index (χ0) is 28.0. The molecule has 4 aromatic rings. The number of hydrogen-bond donors (Lipinski definition) is 1. The predicted octanol–water partition coefficient (Wildman–Crippen LogP) is 5.91. The lowest BCUT2D eigenvalue weighted by Gasteiger charge is -2.35. The van der Waals surface area contributed by atoms with Gasteiger partial charge in [0.25, 0.3) is 5.91 Å². The lowest BCUT2D eigenvalue weighted by atomic mass is 9.80. The van der Waals surface area contributed by atoms with Gasteiger partial charge in [-0.3, -0.25) is 4.79 Å². The molecule has 7 heteroatoms. The van der Waals surface area contributed by atoms with E-state index in [1.165, 1.54) is 0 Å². The zero-order valence-electron chi connectivity index (χ0n) is 23.3. The molecule has 6 rings (SSSR count). The summed E-state index contributed by atoms with van der Waals surface area (Å²) in [7, 11) is 0. The van der Waals surface area contributed by atoms with Crippen LogP contribution in [0.15, 0.2) is 82.0 Å². The Bertz CT molecular complexity index is 1710. The fraction of sp³-hybridized carbons (Fsp3) is 0.273. The van der Waals surface area contributed by atoms with Crippen molar-refractivity contribution in [3.8, 4) is 5.75 Å². The standard InChI is InChI=1S/C33H33N3O4/c1-5-35(6-2)22-14-13-21-17-25(32(38)40-28(21)18-22)30-20-33(26-12-10-9-11-24(26)31(37)34-33)27-16-15-23(19-29(27)39-30)36(7-3)8-4/h9-20H,5-8H2,1-4H3,(H,34,37). The van der Waals surface area contributed by atoms with Gasteiger partial charge >= 0.3 is 5.63 Å². The molecule has 0 bridgehead atoms. The largest absolute Gasteiger partial charge is 0.456 e. The maximum Gasteiger partial charge on any atom is 0.347 e. The molecule has 1 atom stereocenters. The maximum atomic E-state index is 13.4. The Morgan fingerprint density at radius 1 is 0.750 bits per heavy atom. The van der Waals surface area contributed by atoms with Crippen LogP contribution in [-0.4, -0.2) is 32.1 Å². The summed E-state index contributed by atoms with van der Waals surface area (Å²) in [5.41, 5.74) is 3.61. The Morgan fingerprint density at radius 2 is 1.43 bits per heavy atom. The number of rotatable bonds is 7. The average Bonchev–Trinajstić information content (AvgIpc) is 3.25. The number of nitrogens with one attached hydrogen (secondary N) is 1. The lowest BCUT2D eigenvalue weighted by molar-refractivity contribution is 0.0949. The third-order valence-electron chi connectivity index (χ3n) is 8.11. The van der Waals surface area contributed by atoms with Crippen molar-refractivity contribution in [2.75, 3.05) is 36.0 Å². The fourth-order valence-corrected chi connectivity index (χ4v) is 5.98. The molecule has 1 amide bonds. The van der Waals surface area contributed by atoms with Gasteiger partial charge < -0.3 is 24.3 Å². The van der Waals surface area contributed by atoms with E-state index in [2.05, 4.69) is 48.9 Å². The molecular formula is C33H33N3O4. The van der Waals surface area contributed by atoms with E-state index in [4.69, 9.17) is 9.15 Å². The van der Waals surface area contributed by atoms with Crippen molar-refractivity contribution in [3.05, 3.63) is 105 Å². The SMILES string of the molecule is CCN(CC)c1ccc2c(c1)OC(c1cc3ccc(N(CC)CC)cc3oc1=O)=CC21NC(=O)c2ccccc21. The van der Waals surface area contributed by atoms with Crippen LogP contribution in [-0.2, 0) is 5.54 Å². The fourth-order valence-electron chi connectivity index (χ4n) is 5.98. The summed E-state index contributed by atoms with van der Waals surface area (Å²) in [6.07, 6.45) is 1.85. The van der Waals surface area contributed by atoms with Crippen LogP contribution in [0.25, 0.3) is 16.7 Å². The first-order chi connectivity index (χ1) is 19.4. The van der Waals surface area contributed by atoms with Crippen molar-refractivity contribution in [2.45, 2.75) is 33.2 Å². The van der Waals surface area contributed by atoms with E-state index < -0.39 is 11.2 Å². The summed E-state index contributed by atoms with van der Waals surface area (Å²) in [5.74, 6) is 0.779. The van der Waals surface area contributed by atoms with Crippen molar-refractivity contribution in [1.29, 1.82) is 0 Å². The van der Waals surface area contributed by atoms with E-state index in [1.807, 2.05) is 66.7 Å². The number of nitrogens with zero attached hydrogens (tertiary/aromatic N) is 2. The highest BCUT2D eigenvalue weighted by molar-refractivity contribution is 6.02. The van der Waals surface area contributed by atoms with Crippen LogP contribution < -0.4 is 25.5 Å². The van der Waals surface area contributed by atoms with Gasteiger partial charge in [0.2, 0.25) is 0 Å². The van der Waals surface area contributed by atoms with Gasteiger partial charge in [-0.2, -0.15) is 0 Å². The lowest BCUT2D eigenvalue weighted by Crippen LogP contribution is -2.41. The number of carbonyl (C=O) groups is 1. The minimum absolute atomic E-state index is 0.165. The monoisotopic (exact) mass is 535 g/mol. The summed E-state index contributed by atoms with van der Waals surface area (Å²) in [6.45, 7) is 11.8. The molecule has 7 nitrogen and oxygen atoms in total. The van der Waals surface area contributed by atoms with Crippen LogP contribution in [0.3, 0.4) is 0 Å². The van der Waals surface area contributed by atoms with Crippen LogP contribution in [0.5, 0.6) is 5.75 Å². The minimum Gasteiger partial charge on any atom is -0.456 e. The van der Waals surface area contributed by atoms with E-state index in [0.29, 0.717) is 28.2 Å². The van der Waals surface area contributed by atoms with Crippen molar-refractivity contribution in [2.24, 2.45) is 0 Å². The highest BCUT2D eigenvalue weighted by atomic mass is 16.5. The second kappa shape index (κ2) is 9.90. The van der Waals surface area contributed by atoms with Crippen molar-refractivity contribution in [1.82, 2.24) is 5.32 Å². The molecule has 1 spiro atoms. The van der Waals surface area contributed by atoms with E-state index in [9.17, 15) is 9.59 Å². The van der Waals surface area contributed by atoms with Crippen molar-refractivity contribution < 1.29 is 13.9 Å². The maximum absolute atomic E-state index is 13.4. The van der Waals surface area contributed by atoms with E-state index in [0.717, 1.165) is 54.1 Å². The van der Waals surface area contributed by atoms with E-state index >= 15 is 0 Å².